The van der Waals surface area contributed by atoms with Gasteiger partial charge in [-0.1, -0.05) is 54.6 Å². The summed E-state index contributed by atoms with van der Waals surface area (Å²) in [5.74, 6) is 1.62. The number of benzene rings is 3. The number of methoxy groups -OCH3 is 1. The molecular formula is C28H28N2O3. The maximum Gasteiger partial charge on any atom is 0.166 e. The standard InChI is InChI=1S/C28H28N2O3/c1-3-33-28-20(12-9-15-25(28)32-2)27-26-23(29-21-13-7-8-14-22(21)30-27)16-19(17-24(26)31)18-10-5-4-6-11-18/h4-15,19,27,29-30H,3,16-17H2,1-2H3. The third kappa shape index (κ3) is 3.95. The summed E-state index contributed by atoms with van der Waals surface area (Å²) < 4.78 is 11.6. The zero-order valence-corrected chi connectivity index (χ0v) is 18.9. The number of nitrogens with one attached hydrogen (secondary N) is 2. The first-order valence-electron chi connectivity index (χ1n) is 11.4. The Kier molecular flexibility index (Phi) is 5.78. The maximum atomic E-state index is 13.7. The van der Waals surface area contributed by atoms with Gasteiger partial charge in [-0.15, -0.1) is 0 Å². The summed E-state index contributed by atoms with van der Waals surface area (Å²) in [4.78, 5) is 13.7. The molecule has 0 saturated heterocycles. The molecule has 1 heterocycles. The van der Waals surface area contributed by atoms with Crippen molar-refractivity contribution in [3.63, 3.8) is 0 Å². The first kappa shape index (κ1) is 21.1. The number of anilines is 2. The van der Waals surface area contributed by atoms with Gasteiger partial charge in [0.05, 0.1) is 31.1 Å². The summed E-state index contributed by atoms with van der Waals surface area (Å²) in [6.07, 6.45) is 1.25. The lowest BCUT2D eigenvalue weighted by atomic mass is 9.78. The van der Waals surface area contributed by atoms with E-state index in [1.54, 1.807) is 7.11 Å². The van der Waals surface area contributed by atoms with E-state index >= 15 is 0 Å². The van der Waals surface area contributed by atoms with Gasteiger partial charge in [0, 0.05) is 23.3 Å². The monoisotopic (exact) mass is 440 g/mol. The van der Waals surface area contributed by atoms with E-state index in [1.165, 1.54) is 5.56 Å². The SMILES string of the molecule is CCOc1c(OC)cccc1C1Nc2ccccc2NC2=C1C(=O)CC(c1ccccc1)C2. The van der Waals surface area contributed by atoms with E-state index in [0.29, 0.717) is 24.5 Å². The Bertz CT molecular complexity index is 1200. The smallest absolute Gasteiger partial charge is 0.166 e. The van der Waals surface area contributed by atoms with Crippen LogP contribution in [-0.2, 0) is 4.79 Å². The lowest BCUT2D eigenvalue weighted by Crippen LogP contribution is -2.27. The Morgan fingerprint density at radius 1 is 0.909 bits per heavy atom. The Morgan fingerprint density at radius 3 is 2.42 bits per heavy atom. The zero-order valence-electron chi connectivity index (χ0n) is 18.9. The number of hydrogen-bond acceptors (Lipinski definition) is 5. The first-order valence-corrected chi connectivity index (χ1v) is 11.4. The maximum absolute atomic E-state index is 13.7. The van der Waals surface area contributed by atoms with Gasteiger partial charge in [-0.2, -0.15) is 0 Å². The average molecular weight is 441 g/mol. The topological polar surface area (TPSA) is 59.6 Å². The Hall–Kier alpha value is -3.73. The van der Waals surface area contributed by atoms with Crippen LogP contribution in [0.25, 0.3) is 0 Å². The van der Waals surface area contributed by atoms with Crippen LogP contribution in [0.1, 0.15) is 42.9 Å². The van der Waals surface area contributed by atoms with Crippen molar-refractivity contribution in [1.82, 2.24) is 0 Å². The molecule has 2 unspecified atom stereocenters. The number of para-hydroxylation sites is 3. The number of Topliss-reactive ketones (excluding diaryl/α,β-unsaturated/α-hetero) is 1. The molecular weight excluding hydrogens is 412 g/mol. The molecule has 5 rings (SSSR count). The highest BCUT2D eigenvalue weighted by Crippen LogP contribution is 2.47. The van der Waals surface area contributed by atoms with Crippen molar-refractivity contribution >= 4 is 17.2 Å². The molecule has 3 aromatic carbocycles. The van der Waals surface area contributed by atoms with Crippen molar-refractivity contribution in [1.29, 1.82) is 0 Å². The molecule has 2 aliphatic rings. The average Bonchev–Trinajstić information content (AvgIpc) is 3.01. The van der Waals surface area contributed by atoms with Gasteiger partial charge < -0.3 is 20.1 Å². The van der Waals surface area contributed by atoms with Crippen molar-refractivity contribution in [2.45, 2.75) is 31.7 Å². The fourth-order valence-electron chi connectivity index (χ4n) is 4.91. The minimum Gasteiger partial charge on any atom is -0.493 e. The van der Waals surface area contributed by atoms with E-state index in [-0.39, 0.29) is 17.7 Å². The summed E-state index contributed by atoms with van der Waals surface area (Å²) >= 11 is 0. The molecule has 0 bridgehead atoms. The van der Waals surface area contributed by atoms with Gasteiger partial charge >= 0.3 is 0 Å². The molecule has 1 aliphatic heterocycles. The lowest BCUT2D eigenvalue weighted by molar-refractivity contribution is -0.116. The molecule has 5 heteroatoms. The van der Waals surface area contributed by atoms with E-state index in [1.807, 2.05) is 67.6 Å². The molecule has 0 amide bonds. The summed E-state index contributed by atoms with van der Waals surface area (Å²) in [6, 6.07) is 23.9. The molecule has 5 nitrogen and oxygen atoms in total. The molecule has 168 valence electrons. The number of carbonyl (C=O) groups excluding carboxylic acids is 1. The van der Waals surface area contributed by atoms with Gasteiger partial charge in [0.1, 0.15) is 0 Å². The molecule has 0 aromatic heterocycles. The number of ketones is 1. The van der Waals surface area contributed by atoms with Gasteiger partial charge in [-0.25, -0.2) is 0 Å². The van der Waals surface area contributed by atoms with E-state index in [0.717, 1.165) is 34.6 Å². The largest absolute Gasteiger partial charge is 0.493 e. The number of ether oxygens (including phenoxy) is 2. The summed E-state index contributed by atoms with van der Waals surface area (Å²) in [6.45, 7) is 2.46. The molecule has 33 heavy (non-hydrogen) atoms. The van der Waals surface area contributed by atoms with Gasteiger partial charge in [0.25, 0.3) is 0 Å². The highest BCUT2D eigenvalue weighted by molar-refractivity contribution is 6.01. The second-order valence-corrected chi connectivity index (χ2v) is 8.39. The van der Waals surface area contributed by atoms with Crippen LogP contribution in [0.4, 0.5) is 11.4 Å². The van der Waals surface area contributed by atoms with Crippen LogP contribution < -0.4 is 20.1 Å². The molecule has 2 atom stereocenters. The molecule has 0 radical (unpaired) electrons. The van der Waals surface area contributed by atoms with Crippen molar-refractivity contribution in [2.24, 2.45) is 0 Å². The third-order valence-corrected chi connectivity index (χ3v) is 6.41. The van der Waals surface area contributed by atoms with Crippen molar-refractivity contribution in [3.8, 4) is 11.5 Å². The summed E-state index contributed by atoms with van der Waals surface area (Å²) in [7, 11) is 1.64. The second kappa shape index (κ2) is 9.02. The molecule has 2 N–H and O–H groups in total. The van der Waals surface area contributed by atoms with E-state index in [4.69, 9.17) is 9.47 Å². The summed E-state index contributed by atoms with van der Waals surface area (Å²) in [5.41, 5.74) is 5.74. The predicted molar refractivity (Wildman–Crippen MR) is 131 cm³/mol. The van der Waals surface area contributed by atoms with Crippen molar-refractivity contribution in [2.75, 3.05) is 24.4 Å². The fraction of sp³-hybridized carbons (Fsp3) is 0.250. The van der Waals surface area contributed by atoms with Crippen molar-refractivity contribution in [3.05, 3.63) is 95.2 Å². The quantitative estimate of drug-likeness (QED) is 0.504. The Morgan fingerprint density at radius 2 is 1.67 bits per heavy atom. The molecule has 1 aliphatic carbocycles. The Balaban J connectivity index is 1.66. The third-order valence-electron chi connectivity index (χ3n) is 6.41. The predicted octanol–water partition coefficient (Wildman–Crippen LogP) is 6.07. The van der Waals surface area contributed by atoms with Gasteiger partial charge in [-0.3, -0.25) is 4.79 Å². The molecule has 0 spiro atoms. The number of fused-ring (bicyclic) bond motifs is 1. The van der Waals surface area contributed by atoms with Crippen LogP contribution in [-0.4, -0.2) is 19.5 Å². The van der Waals surface area contributed by atoms with E-state index < -0.39 is 0 Å². The van der Waals surface area contributed by atoms with Crippen LogP contribution in [0.15, 0.2) is 84.1 Å². The van der Waals surface area contributed by atoms with Crippen LogP contribution in [0.2, 0.25) is 0 Å². The Labute approximate surface area is 194 Å². The number of hydrogen-bond donors (Lipinski definition) is 2. The van der Waals surface area contributed by atoms with Crippen LogP contribution >= 0.6 is 0 Å². The zero-order chi connectivity index (χ0) is 22.8. The molecule has 0 fully saturated rings. The second-order valence-electron chi connectivity index (χ2n) is 8.39. The van der Waals surface area contributed by atoms with Gasteiger partial charge in [0.15, 0.2) is 17.3 Å². The first-order chi connectivity index (χ1) is 16.2. The van der Waals surface area contributed by atoms with Gasteiger partial charge in [0.2, 0.25) is 0 Å². The summed E-state index contributed by atoms with van der Waals surface area (Å²) in [5, 5.41) is 7.23. The highest BCUT2D eigenvalue weighted by atomic mass is 16.5. The minimum absolute atomic E-state index is 0.146. The molecule has 0 saturated carbocycles. The van der Waals surface area contributed by atoms with Crippen molar-refractivity contribution < 1.29 is 14.3 Å². The number of carbonyl (C=O) groups is 1. The van der Waals surface area contributed by atoms with E-state index in [2.05, 4.69) is 22.8 Å². The number of allylic oxidation sites excluding steroid dienone is 1. The normalized spacial score (nSPS) is 19.5. The molecule has 3 aromatic rings. The minimum atomic E-state index is -0.350. The van der Waals surface area contributed by atoms with E-state index in [9.17, 15) is 4.79 Å². The van der Waals surface area contributed by atoms with Crippen LogP contribution in [0.3, 0.4) is 0 Å². The fourth-order valence-corrected chi connectivity index (χ4v) is 4.91. The van der Waals surface area contributed by atoms with Gasteiger partial charge in [-0.05, 0) is 43.0 Å². The highest BCUT2D eigenvalue weighted by Gasteiger charge is 2.37. The van der Waals surface area contributed by atoms with Crippen LogP contribution in [0, 0.1) is 0 Å². The lowest BCUT2D eigenvalue weighted by Gasteiger charge is -2.30. The van der Waals surface area contributed by atoms with Crippen LogP contribution in [0.5, 0.6) is 11.5 Å². The number of rotatable bonds is 5.